The summed E-state index contributed by atoms with van der Waals surface area (Å²) in [4.78, 5) is 11.2. The molecular weight excluding hydrogens is 240 g/mol. The van der Waals surface area contributed by atoms with Crippen molar-refractivity contribution in [2.24, 2.45) is 11.8 Å². The molecule has 0 aliphatic heterocycles. The number of unbranched alkanes of at least 4 members (excludes halogenated alkanes) is 3. The standard InChI is InChI=1S/C16H30O3/c1-5-6-7-8-10-15(4)11-9-12-18-16(17)19-13-14(2)3/h9,11,14-15H,5-8,10,12-13H2,1-4H3/b11-9-. The van der Waals surface area contributed by atoms with Crippen LogP contribution in [0.4, 0.5) is 4.79 Å². The van der Waals surface area contributed by atoms with E-state index in [0.29, 0.717) is 25.0 Å². The predicted molar refractivity (Wildman–Crippen MR) is 79.2 cm³/mol. The summed E-state index contributed by atoms with van der Waals surface area (Å²) in [5.41, 5.74) is 0. The first-order valence-corrected chi connectivity index (χ1v) is 7.52. The molecule has 0 spiro atoms. The molecule has 0 N–H and O–H groups in total. The molecule has 0 aromatic rings. The van der Waals surface area contributed by atoms with Gasteiger partial charge in [-0.25, -0.2) is 4.79 Å². The molecular formula is C16H30O3. The van der Waals surface area contributed by atoms with Crippen LogP contribution < -0.4 is 0 Å². The molecule has 0 aliphatic carbocycles. The maximum atomic E-state index is 11.2. The smallest absolute Gasteiger partial charge is 0.434 e. The zero-order valence-corrected chi connectivity index (χ0v) is 13.0. The molecule has 0 saturated carbocycles. The Morgan fingerprint density at radius 2 is 1.84 bits per heavy atom. The maximum Gasteiger partial charge on any atom is 0.508 e. The highest BCUT2D eigenvalue weighted by Gasteiger charge is 2.03. The monoisotopic (exact) mass is 270 g/mol. The van der Waals surface area contributed by atoms with Crippen molar-refractivity contribution in [2.45, 2.75) is 59.8 Å². The van der Waals surface area contributed by atoms with Crippen molar-refractivity contribution in [1.29, 1.82) is 0 Å². The zero-order chi connectivity index (χ0) is 14.5. The van der Waals surface area contributed by atoms with E-state index < -0.39 is 6.16 Å². The van der Waals surface area contributed by atoms with Gasteiger partial charge in [0.05, 0.1) is 6.61 Å². The summed E-state index contributed by atoms with van der Waals surface area (Å²) in [6.45, 7) is 9.12. The van der Waals surface area contributed by atoms with E-state index in [0.717, 1.165) is 0 Å². The predicted octanol–water partition coefficient (Wildman–Crippen LogP) is 4.96. The van der Waals surface area contributed by atoms with E-state index in [1.54, 1.807) is 0 Å². The van der Waals surface area contributed by atoms with E-state index in [1.165, 1.54) is 32.1 Å². The minimum atomic E-state index is -0.575. The summed E-state index contributed by atoms with van der Waals surface area (Å²) in [7, 11) is 0. The minimum Gasteiger partial charge on any atom is -0.434 e. The second-order valence-electron chi connectivity index (χ2n) is 5.52. The van der Waals surface area contributed by atoms with Gasteiger partial charge in [0.25, 0.3) is 0 Å². The van der Waals surface area contributed by atoms with Crippen molar-refractivity contribution in [3.8, 4) is 0 Å². The van der Waals surface area contributed by atoms with E-state index in [2.05, 4.69) is 19.9 Å². The molecule has 0 aromatic heterocycles. The van der Waals surface area contributed by atoms with Crippen LogP contribution in [0.25, 0.3) is 0 Å². The third-order valence-corrected chi connectivity index (χ3v) is 2.81. The summed E-state index contributed by atoms with van der Waals surface area (Å²) < 4.78 is 9.85. The first-order valence-electron chi connectivity index (χ1n) is 7.52. The fourth-order valence-electron chi connectivity index (χ4n) is 1.67. The molecule has 0 aromatic carbocycles. The molecule has 19 heavy (non-hydrogen) atoms. The van der Waals surface area contributed by atoms with Gasteiger partial charge in [0.1, 0.15) is 6.61 Å². The Hall–Kier alpha value is -0.990. The summed E-state index contributed by atoms with van der Waals surface area (Å²) >= 11 is 0. The maximum absolute atomic E-state index is 11.2. The molecule has 0 rings (SSSR count). The van der Waals surface area contributed by atoms with Crippen LogP contribution in [0.1, 0.15) is 59.8 Å². The van der Waals surface area contributed by atoms with Crippen LogP contribution in [0.15, 0.2) is 12.2 Å². The van der Waals surface area contributed by atoms with Crippen LogP contribution in [0.3, 0.4) is 0 Å². The van der Waals surface area contributed by atoms with Gasteiger partial charge in [-0.3, -0.25) is 0 Å². The summed E-state index contributed by atoms with van der Waals surface area (Å²) in [6.07, 6.45) is 9.83. The molecule has 0 fully saturated rings. The first kappa shape index (κ1) is 18.0. The van der Waals surface area contributed by atoms with Gasteiger partial charge in [-0.05, 0) is 18.3 Å². The molecule has 0 amide bonds. The lowest BCUT2D eigenvalue weighted by Crippen LogP contribution is -2.11. The number of hydrogen-bond donors (Lipinski definition) is 0. The van der Waals surface area contributed by atoms with Gasteiger partial charge < -0.3 is 9.47 Å². The van der Waals surface area contributed by atoms with Crippen LogP contribution in [-0.2, 0) is 9.47 Å². The Morgan fingerprint density at radius 3 is 2.47 bits per heavy atom. The Kier molecular flexibility index (Phi) is 11.4. The quantitative estimate of drug-likeness (QED) is 0.320. The van der Waals surface area contributed by atoms with Crippen LogP contribution >= 0.6 is 0 Å². The fraction of sp³-hybridized carbons (Fsp3) is 0.812. The topological polar surface area (TPSA) is 35.5 Å². The van der Waals surface area contributed by atoms with Gasteiger partial charge in [0.15, 0.2) is 0 Å². The van der Waals surface area contributed by atoms with Crippen molar-refractivity contribution in [1.82, 2.24) is 0 Å². The van der Waals surface area contributed by atoms with E-state index in [9.17, 15) is 4.79 Å². The molecule has 0 saturated heterocycles. The van der Waals surface area contributed by atoms with Gasteiger partial charge in [0, 0.05) is 0 Å². The van der Waals surface area contributed by atoms with Crippen molar-refractivity contribution >= 4 is 6.16 Å². The van der Waals surface area contributed by atoms with Crippen molar-refractivity contribution in [2.75, 3.05) is 13.2 Å². The molecule has 1 atom stereocenters. The summed E-state index contributed by atoms with van der Waals surface area (Å²) in [6, 6.07) is 0. The summed E-state index contributed by atoms with van der Waals surface area (Å²) in [5, 5.41) is 0. The number of carbonyl (C=O) groups excluding carboxylic acids is 1. The number of hydrogen-bond acceptors (Lipinski definition) is 3. The molecule has 0 radical (unpaired) electrons. The average molecular weight is 270 g/mol. The van der Waals surface area contributed by atoms with Crippen molar-refractivity contribution in [3.05, 3.63) is 12.2 Å². The van der Waals surface area contributed by atoms with Crippen molar-refractivity contribution < 1.29 is 14.3 Å². The normalized spacial score (nSPS) is 12.9. The molecule has 3 nitrogen and oxygen atoms in total. The van der Waals surface area contributed by atoms with E-state index in [-0.39, 0.29) is 0 Å². The Bertz CT molecular complexity index is 246. The lowest BCUT2D eigenvalue weighted by atomic mass is 10.0. The second kappa shape index (κ2) is 12.1. The average Bonchev–Trinajstić information content (AvgIpc) is 2.37. The van der Waals surface area contributed by atoms with Gasteiger partial charge in [-0.1, -0.05) is 65.5 Å². The van der Waals surface area contributed by atoms with Crippen LogP contribution in [0, 0.1) is 11.8 Å². The molecule has 0 heterocycles. The van der Waals surface area contributed by atoms with Gasteiger partial charge in [-0.15, -0.1) is 0 Å². The van der Waals surface area contributed by atoms with Gasteiger partial charge >= 0.3 is 6.16 Å². The number of rotatable bonds is 10. The number of ether oxygens (including phenoxy) is 2. The lowest BCUT2D eigenvalue weighted by Gasteiger charge is -2.07. The molecule has 0 bridgehead atoms. The minimum absolute atomic E-state index is 0.302. The third-order valence-electron chi connectivity index (χ3n) is 2.81. The van der Waals surface area contributed by atoms with Gasteiger partial charge in [0.2, 0.25) is 0 Å². The van der Waals surface area contributed by atoms with E-state index >= 15 is 0 Å². The highest BCUT2D eigenvalue weighted by molar-refractivity contribution is 5.59. The van der Waals surface area contributed by atoms with Gasteiger partial charge in [-0.2, -0.15) is 0 Å². The summed E-state index contributed by atoms with van der Waals surface area (Å²) in [5.74, 6) is 0.887. The molecule has 112 valence electrons. The van der Waals surface area contributed by atoms with Crippen LogP contribution in [0.2, 0.25) is 0 Å². The lowest BCUT2D eigenvalue weighted by molar-refractivity contribution is 0.0549. The van der Waals surface area contributed by atoms with E-state index in [1.807, 2.05) is 19.9 Å². The third kappa shape index (κ3) is 13.2. The SMILES string of the molecule is CCCCCCC(C)/C=C\COC(=O)OCC(C)C. The first-order chi connectivity index (χ1) is 9.06. The molecule has 0 aliphatic rings. The Balaban J connectivity index is 3.52. The Labute approximate surface area is 118 Å². The fourth-order valence-corrected chi connectivity index (χ4v) is 1.67. The second-order valence-corrected chi connectivity index (χ2v) is 5.52. The molecule has 3 heteroatoms. The van der Waals surface area contributed by atoms with Crippen LogP contribution in [0.5, 0.6) is 0 Å². The van der Waals surface area contributed by atoms with Crippen molar-refractivity contribution in [3.63, 3.8) is 0 Å². The van der Waals surface area contributed by atoms with E-state index in [4.69, 9.17) is 9.47 Å². The molecule has 1 unspecified atom stereocenters. The number of allylic oxidation sites excluding steroid dienone is 1. The Morgan fingerprint density at radius 1 is 1.11 bits per heavy atom. The highest BCUT2D eigenvalue weighted by atomic mass is 16.7. The largest absolute Gasteiger partial charge is 0.508 e. The zero-order valence-electron chi connectivity index (χ0n) is 13.0. The highest BCUT2D eigenvalue weighted by Crippen LogP contribution is 2.11. The number of carbonyl (C=O) groups is 1. The van der Waals surface area contributed by atoms with Crippen LogP contribution in [-0.4, -0.2) is 19.4 Å².